The van der Waals surface area contributed by atoms with Crippen molar-refractivity contribution in [3.05, 3.63) is 66.0 Å². The number of nitrogens with zero attached hydrogens (tertiary/aromatic N) is 5. The lowest BCUT2D eigenvalue weighted by Crippen LogP contribution is -2.45. The summed E-state index contributed by atoms with van der Waals surface area (Å²) < 4.78 is 11.3. The van der Waals surface area contributed by atoms with E-state index in [1.54, 1.807) is 54.4 Å². The van der Waals surface area contributed by atoms with Crippen molar-refractivity contribution in [3.8, 4) is 17.6 Å². The summed E-state index contributed by atoms with van der Waals surface area (Å²) in [5.41, 5.74) is 1.36. The molecule has 3 aromatic heterocycles. The molecule has 198 valence electrons. The molecule has 39 heavy (non-hydrogen) atoms. The number of hydrogen-bond acceptors (Lipinski definition) is 9. The molecule has 12 nitrogen and oxygen atoms in total. The van der Waals surface area contributed by atoms with Gasteiger partial charge in [-0.15, -0.1) is 0 Å². The maximum Gasteiger partial charge on any atom is 0.409 e. The normalized spacial score (nSPS) is 14.9. The maximum atomic E-state index is 12.6. The Morgan fingerprint density at radius 2 is 2.00 bits per heavy atom. The zero-order chi connectivity index (χ0) is 27.2. The van der Waals surface area contributed by atoms with Crippen LogP contribution in [0.2, 0.25) is 0 Å². The van der Waals surface area contributed by atoms with Crippen molar-refractivity contribution >= 4 is 34.7 Å². The first-order valence-corrected chi connectivity index (χ1v) is 12.5. The fourth-order valence-corrected chi connectivity index (χ4v) is 4.34. The number of aromatic amines is 1. The second-order valence-corrected chi connectivity index (χ2v) is 8.86. The lowest BCUT2D eigenvalue weighted by atomic mass is 10.1. The Kier molecular flexibility index (Phi) is 7.49. The van der Waals surface area contributed by atoms with Crippen molar-refractivity contribution in [2.75, 3.05) is 30.3 Å². The van der Waals surface area contributed by atoms with E-state index >= 15 is 0 Å². The number of anilines is 2. The summed E-state index contributed by atoms with van der Waals surface area (Å²) in [5, 5.41) is 23.1. The van der Waals surface area contributed by atoms with Crippen LogP contribution in [0.15, 0.2) is 54.9 Å². The maximum absolute atomic E-state index is 12.6. The van der Waals surface area contributed by atoms with Gasteiger partial charge >= 0.3 is 6.09 Å². The van der Waals surface area contributed by atoms with Gasteiger partial charge in [0.25, 0.3) is 5.91 Å². The highest BCUT2D eigenvalue weighted by Crippen LogP contribution is 2.33. The first-order chi connectivity index (χ1) is 19.0. The molecule has 1 aromatic carbocycles. The first kappa shape index (κ1) is 25.5. The second kappa shape index (κ2) is 11.5. The molecule has 12 heteroatoms. The second-order valence-electron chi connectivity index (χ2n) is 8.86. The van der Waals surface area contributed by atoms with Gasteiger partial charge in [-0.3, -0.25) is 9.89 Å². The number of carbonyl (C=O) groups is 2. The number of carbonyl (C=O) groups excluding carboxylic acids is 2. The number of benzene rings is 1. The Bertz CT molecular complexity index is 1530. The van der Waals surface area contributed by atoms with E-state index in [9.17, 15) is 9.59 Å². The van der Waals surface area contributed by atoms with E-state index in [0.717, 1.165) is 12.8 Å². The van der Waals surface area contributed by atoms with E-state index in [1.165, 1.54) is 12.3 Å². The number of aromatic nitrogens is 4. The van der Waals surface area contributed by atoms with Gasteiger partial charge in [0.2, 0.25) is 0 Å². The van der Waals surface area contributed by atoms with E-state index in [-0.39, 0.29) is 18.0 Å². The lowest BCUT2D eigenvalue weighted by Gasteiger charge is -2.32. The van der Waals surface area contributed by atoms with Gasteiger partial charge in [0, 0.05) is 43.2 Å². The molecule has 4 aromatic rings. The molecular weight excluding hydrogens is 500 g/mol. The third kappa shape index (κ3) is 5.88. The van der Waals surface area contributed by atoms with Crippen molar-refractivity contribution in [1.82, 2.24) is 25.1 Å². The molecule has 2 amide bonds. The van der Waals surface area contributed by atoms with Crippen LogP contribution in [0.1, 0.15) is 35.7 Å². The molecule has 1 fully saturated rings. The third-order valence-corrected chi connectivity index (χ3v) is 6.19. The molecule has 3 N–H and O–H groups in total. The molecule has 0 aliphatic carbocycles. The fraction of sp³-hybridized carbons (Fsp3) is 0.259. The SMILES string of the molecule is CCOC(=O)N1CCC[C@@H](Nc2n[nH]c3nccc(Oc4ccc(C(=O)Nc5cc(C#N)ccn5)cc4)c23)C1. The van der Waals surface area contributed by atoms with Crippen molar-refractivity contribution in [1.29, 1.82) is 5.26 Å². The Labute approximate surface area is 224 Å². The monoisotopic (exact) mass is 526 g/mol. The number of amides is 2. The van der Waals surface area contributed by atoms with Gasteiger partial charge in [0.1, 0.15) is 22.7 Å². The number of hydrogen-bond donors (Lipinski definition) is 3. The molecular formula is C27H26N8O4. The highest BCUT2D eigenvalue weighted by molar-refractivity contribution is 6.03. The van der Waals surface area contributed by atoms with Crippen LogP contribution in [-0.2, 0) is 4.74 Å². The number of likely N-dealkylation sites (tertiary alicyclic amines) is 1. The summed E-state index contributed by atoms with van der Waals surface area (Å²) in [6.07, 6.45) is 4.49. The smallest absolute Gasteiger partial charge is 0.409 e. The number of piperidine rings is 1. The summed E-state index contributed by atoms with van der Waals surface area (Å²) in [7, 11) is 0. The van der Waals surface area contributed by atoms with Gasteiger partial charge in [0.05, 0.1) is 18.2 Å². The van der Waals surface area contributed by atoms with Crippen LogP contribution in [0.25, 0.3) is 11.0 Å². The summed E-state index contributed by atoms with van der Waals surface area (Å²) in [6.45, 7) is 3.29. The van der Waals surface area contributed by atoms with Crippen LogP contribution in [-0.4, -0.2) is 62.8 Å². The predicted molar refractivity (Wildman–Crippen MR) is 143 cm³/mol. The number of nitrogens with one attached hydrogen (secondary N) is 3. The summed E-state index contributed by atoms with van der Waals surface area (Å²) >= 11 is 0. The van der Waals surface area contributed by atoms with Gasteiger partial charge < -0.3 is 25.0 Å². The van der Waals surface area contributed by atoms with Crippen LogP contribution in [0.4, 0.5) is 16.4 Å². The largest absolute Gasteiger partial charge is 0.456 e. The molecule has 1 saturated heterocycles. The van der Waals surface area contributed by atoms with Gasteiger partial charge in [-0.2, -0.15) is 10.4 Å². The van der Waals surface area contributed by atoms with E-state index in [2.05, 4.69) is 30.8 Å². The number of fused-ring (bicyclic) bond motifs is 1. The Morgan fingerprint density at radius 3 is 2.79 bits per heavy atom. The molecule has 1 aliphatic heterocycles. The van der Waals surface area contributed by atoms with Crippen LogP contribution in [0.3, 0.4) is 0 Å². The van der Waals surface area contributed by atoms with Gasteiger partial charge in [-0.05, 0) is 56.2 Å². The Morgan fingerprint density at radius 1 is 1.18 bits per heavy atom. The van der Waals surface area contributed by atoms with Crippen LogP contribution in [0.5, 0.6) is 11.5 Å². The molecule has 0 saturated carbocycles. The predicted octanol–water partition coefficient (Wildman–Crippen LogP) is 4.30. The van der Waals surface area contributed by atoms with Crippen LogP contribution >= 0.6 is 0 Å². The number of rotatable bonds is 7. The fourth-order valence-electron chi connectivity index (χ4n) is 4.34. The van der Waals surface area contributed by atoms with E-state index < -0.39 is 0 Å². The standard InChI is InChI=1S/C27H26N8O4/c1-2-38-27(37)35-13-3-4-19(16-35)31-25-23-21(10-12-30-24(23)33-34-25)39-20-7-5-18(6-8-20)26(36)32-22-14-17(15-28)9-11-29-22/h5-12,14,19H,2-4,13,16H2,1H3,(H,29,32,36)(H2,30,31,33,34)/t19-/m1/s1. The molecule has 0 spiro atoms. The summed E-state index contributed by atoms with van der Waals surface area (Å²) in [4.78, 5) is 34.9. The molecule has 0 bridgehead atoms. The summed E-state index contributed by atoms with van der Waals surface area (Å²) in [5.74, 6) is 1.56. The zero-order valence-electron chi connectivity index (χ0n) is 21.2. The quantitative estimate of drug-likeness (QED) is 0.319. The lowest BCUT2D eigenvalue weighted by molar-refractivity contribution is 0.0974. The number of nitriles is 1. The molecule has 1 atom stereocenters. The highest BCUT2D eigenvalue weighted by atomic mass is 16.6. The van der Waals surface area contributed by atoms with Crippen LogP contribution in [0, 0.1) is 11.3 Å². The minimum atomic E-state index is -0.360. The average molecular weight is 527 g/mol. The van der Waals surface area contributed by atoms with Gasteiger partial charge in [-0.25, -0.2) is 14.8 Å². The number of pyridine rings is 2. The van der Waals surface area contributed by atoms with Gasteiger partial charge in [0.15, 0.2) is 11.5 Å². The average Bonchev–Trinajstić information content (AvgIpc) is 3.37. The minimum absolute atomic E-state index is 0.0103. The molecule has 0 unspecified atom stereocenters. The van der Waals surface area contributed by atoms with Crippen molar-refractivity contribution < 1.29 is 19.1 Å². The van der Waals surface area contributed by atoms with Crippen LogP contribution < -0.4 is 15.4 Å². The molecule has 4 heterocycles. The highest BCUT2D eigenvalue weighted by Gasteiger charge is 2.26. The third-order valence-electron chi connectivity index (χ3n) is 6.19. The first-order valence-electron chi connectivity index (χ1n) is 12.5. The van der Waals surface area contributed by atoms with Crippen molar-refractivity contribution in [2.45, 2.75) is 25.8 Å². The molecule has 5 rings (SSSR count). The van der Waals surface area contributed by atoms with E-state index in [0.29, 0.717) is 65.0 Å². The Hall–Kier alpha value is -5.18. The number of ether oxygens (including phenoxy) is 2. The van der Waals surface area contributed by atoms with E-state index in [1.807, 2.05) is 6.07 Å². The molecule has 0 radical (unpaired) electrons. The minimum Gasteiger partial charge on any atom is -0.456 e. The summed E-state index contributed by atoms with van der Waals surface area (Å²) in [6, 6.07) is 13.5. The zero-order valence-corrected chi connectivity index (χ0v) is 21.2. The topological polar surface area (TPSA) is 158 Å². The molecule has 1 aliphatic rings. The van der Waals surface area contributed by atoms with Crippen molar-refractivity contribution in [2.24, 2.45) is 0 Å². The van der Waals surface area contributed by atoms with Gasteiger partial charge in [-0.1, -0.05) is 0 Å². The van der Waals surface area contributed by atoms with Crippen molar-refractivity contribution in [3.63, 3.8) is 0 Å². The Balaban J connectivity index is 1.29. The van der Waals surface area contributed by atoms with E-state index in [4.69, 9.17) is 14.7 Å². The number of H-pyrrole nitrogens is 1.